The lowest BCUT2D eigenvalue weighted by atomic mass is 9.80. The second-order valence-electron chi connectivity index (χ2n) is 25.4. The molecule has 0 spiro atoms. The number of likely N-dealkylation sites (N-methyl/N-ethyl adjacent to an activating group) is 2. The number of cyclic esters (lactones) is 2. The number of carbonyl (C=O) groups is 5. The van der Waals surface area contributed by atoms with E-state index in [0.717, 1.165) is 17.4 Å². The predicted molar refractivity (Wildman–Crippen MR) is 341 cm³/mol. The van der Waals surface area contributed by atoms with E-state index in [9.17, 15) is 34.2 Å². The summed E-state index contributed by atoms with van der Waals surface area (Å²) >= 11 is 5.26. The SMILES string of the molecule is CC[C@H]1OC(=O)CC[C@H](C)[C@@H](OC2OC(C)CC(N(C)C)C2O)[C@@H](CC(OC)OC)C[C@@H](C)C(=O)/C=C/C(C)=C/[C@@H]1CN.CC[C@H]1OC(=O)CC[C@H](C)[C@@H](OC2OC(C)CC(N(C)C)C2O)[C@@H](CC=O)C[C@@H](C)C(=O)/C=C/C(C)=C/[C@@H]1CNC(=S)NC. The Kier molecular flexibility index (Phi) is 35.1. The Morgan fingerprint density at radius 3 is 1.53 bits per heavy atom. The van der Waals surface area contributed by atoms with E-state index in [2.05, 4.69) is 10.6 Å². The highest BCUT2D eigenvalue weighted by molar-refractivity contribution is 7.80. The molecule has 0 aromatic carbocycles. The highest BCUT2D eigenvalue weighted by Crippen LogP contribution is 2.37. The van der Waals surface area contributed by atoms with Gasteiger partial charge in [0.15, 0.2) is 35.5 Å². The molecule has 4 heterocycles. The molecule has 21 heteroatoms. The summed E-state index contributed by atoms with van der Waals surface area (Å²) in [7, 11) is 12.6. The molecule has 87 heavy (non-hydrogen) atoms. The third kappa shape index (κ3) is 25.4. The number of rotatable bonds is 17. The molecule has 4 aliphatic rings. The molecular formula is C66H113N5O15S. The van der Waals surface area contributed by atoms with E-state index >= 15 is 0 Å². The van der Waals surface area contributed by atoms with Gasteiger partial charge in [0.25, 0.3) is 0 Å². The Morgan fingerprint density at radius 2 is 1.13 bits per heavy atom. The van der Waals surface area contributed by atoms with Crippen LogP contribution in [0.3, 0.4) is 0 Å². The van der Waals surface area contributed by atoms with Crippen LogP contribution in [0.4, 0.5) is 0 Å². The molecule has 20 atom stereocenters. The number of ketones is 2. The molecule has 2 saturated heterocycles. The lowest BCUT2D eigenvalue weighted by Crippen LogP contribution is -2.56. The molecule has 2 fully saturated rings. The van der Waals surface area contributed by atoms with Crippen molar-refractivity contribution in [2.24, 2.45) is 53.1 Å². The van der Waals surface area contributed by atoms with Gasteiger partial charge in [0.1, 0.15) is 30.7 Å². The van der Waals surface area contributed by atoms with E-state index in [1.165, 1.54) is 0 Å². The molecular weight excluding hydrogens is 1130 g/mol. The molecule has 0 saturated carbocycles. The number of aliphatic hydroxyl groups excluding tert-OH is 2. The minimum atomic E-state index is -0.912. The molecule has 4 aliphatic heterocycles. The molecule has 0 bridgehead atoms. The number of thiocarbonyl (C=S) groups is 1. The molecule has 498 valence electrons. The first-order chi connectivity index (χ1) is 41.1. The molecule has 0 aromatic rings. The van der Waals surface area contributed by atoms with Crippen LogP contribution in [0.2, 0.25) is 0 Å². The monoisotopic (exact) mass is 1250 g/mol. The average Bonchev–Trinajstić information content (AvgIpc) is 2.00. The van der Waals surface area contributed by atoms with Crippen LogP contribution >= 0.6 is 12.2 Å². The standard InChI is InChI=1S/C33H55N3O7S.C33H58N2O8/c1-9-28-25(19-35-33(44)34-6)16-20(2)10-12-27(38)22(4)17-24(14-15-37)31(21(3)11-13-29(39)42-28)43-32-30(40)26(36(7)8)18-23(5)41-32;1-10-28-25(19-34)15-20(2)11-13-27(36)22(4)16-24(18-30(39-8)40-9)32(21(3)12-14-29(37)42-28)43-33-31(38)26(35(6)7)17-23(5)41-33/h10,12,15-16,21-26,28,30-32,40H,9,11,13-14,17-19H2,1-8H3,(H2,34,35,44);11,13,15,21-26,28,30-33,38H,10,12,14,16-19,34H2,1-9H3/b12-10+,20-16+;13-11+,20-15+/t21-,22+,23?,24-,25+,26?,28+,30?,31+,32?;21-,22+,23?,24+,25+,26?,28+,31?,32+,33?/m00/s1. The summed E-state index contributed by atoms with van der Waals surface area (Å²) in [6, 6.07) is -0.305. The van der Waals surface area contributed by atoms with Crippen LogP contribution in [-0.2, 0) is 61.9 Å². The maximum atomic E-state index is 13.3. The molecule has 20 nitrogen and oxygen atoms in total. The van der Waals surface area contributed by atoms with E-state index in [1.807, 2.05) is 119 Å². The summed E-state index contributed by atoms with van der Waals surface area (Å²) in [6.45, 7) is 20.3. The van der Waals surface area contributed by atoms with Gasteiger partial charge in [-0.25, -0.2) is 0 Å². The van der Waals surface area contributed by atoms with E-state index in [-0.39, 0.29) is 121 Å². The van der Waals surface area contributed by atoms with Crippen LogP contribution in [0.25, 0.3) is 0 Å². The van der Waals surface area contributed by atoms with E-state index in [4.69, 9.17) is 55.8 Å². The molecule has 0 amide bonds. The molecule has 6 N–H and O–H groups in total. The summed E-state index contributed by atoms with van der Waals surface area (Å²) in [4.78, 5) is 68.8. The van der Waals surface area contributed by atoms with Crippen molar-refractivity contribution in [1.29, 1.82) is 0 Å². The zero-order valence-corrected chi connectivity index (χ0v) is 56.5. The molecule has 0 radical (unpaired) electrons. The van der Waals surface area contributed by atoms with Crippen molar-refractivity contribution in [3.63, 3.8) is 0 Å². The number of aliphatic hydroxyl groups is 2. The third-order valence-corrected chi connectivity index (χ3v) is 18.1. The second kappa shape index (κ2) is 39.4. The first-order valence-corrected chi connectivity index (χ1v) is 32.2. The van der Waals surface area contributed by atoms with Crippen molar-refractivity contribution >= 4 is 47.1 Å². The Hall–Kier alpha value is -3.84. The van der Waals surface area contributed by atoms with Crippen molar-refractivity contribution in [1.82, 2.24) is 20.4 Å². The van der Waals surface area contributed by atoms with Crippen LogP contribution in [0, 0.1) is 47.3 Å². The van der Waals surface area contributed by atoms with Crippen LogP contribution in [0.5, 0.6) is 0 Å². The van der Waals surface area contributed by atoms with Gasteiger partial charge in [-0.2, -0.15) is 0 Å². The normalized spacial score (nSPS) is 37.1. The number of hydrogen-bond acceptors (Lipinski definition) is 19. The smallest absolute Gasteiger partial charge is 0.306 e. The number of nitrogens with zero attached hydrogens (tertiary/aromatic N) is 2. The summed E-state index contributed by atoms with van der Waals surface area (Å²) < 4.78 is 48.6. The Morgan fingerprint density at radius 1 is 0.701 bits per heavy atom. The Bertz CT molecular complexity index is 2240. The first kappa shape index (κ1) is 77.4. The van der Waals surface area contributed by atoms with Crippen LogP contribution < -0.4 is 16.4 Å². The number of hydrogen-bond donors (Lipinski definition) is 5. The van der Waals surface area contributed by atoms with Crippen LogP contribution in [0.1, 0.15) is 146 Å². The second-order valence-corrected chi connectivity index (χ2v) is 25.8. The predicted octanol–water partition coefficient (Wildman–Crippen LogP) is 7.41. The number of carbonyl (C=O) groups excluding carboxylic acids is 5. The fourth-order valence-corrected chi connectivity index (χ4v) is 12.5. The summed E-state index contributed by atoms with van der Waals surface area (Å²) in [5.74, 6) is -2.55. The van der Waals surface area contributed by atoms with E-state index in [0.29, 0.717) is 76.0 Å². The van der Waals surface area contributed by atoms with E-state index < -0.39 is 49.4 Å². The zero-order valence-electron chi connectivity index (χ0n) is 55.6. The summed E-state index contributed by atoms with van der Waals surface area (Å²) in [5.41, 5.74) is 7.81. The quantitative estimate of drug-likeness (QED) is 0.0411. The van der Waals surface area contributed by atoms with Crippen molar-refractivity contribution < 1.29 is 72.1 Å². The first-order valence-electron chi connectivity index (χ1n) is 31.8. The number of methoxy groups -OCH3 is 2. The van der Waals surface area contributed by atoms with Gasteiger partial charge < -0.3 is 79.1 Å². The highest BCUT2D eigenvalue weighted by atomic mass is 32.1. The van der Waals surface area contributed by atoms with Crippen molar-refractivity contribution in [3.8, 4) is 0 Å². The maximum absolute atomic E-state index is 13.3. The van der Waals surface area contributed by atoms with Crippen LogP contribution in [-0.4, -0.2) is 197 Å². The largest absolute Gasteiger partial charge is 0.462 e. The number of nitrogens with two attached hydrogens (primary N) is 1. The summed E-state index contributed by atoms with van der Waals surface area (Å²) in [5, 5.41) is 29.1. The van der Waals surface area contributed by atoms with Crippen molar-refractivity contribution in [2.45, 2.75) is 226 Å². The minimum absolute atomic E-state index is 0.000596. The average molecular weight is 1250 g/mol. The lowest BCUT2D eigenvalue weighted by molar-refractivity contribution is -0.282. The Balaban J connectivity index is 0.000000455. The lowest BCUT2D eigenvalue weighted by Gasteiger charge is -2.44. The number of ether oxygens (including phenoxy) is 8. The molecule has 4 rings (SSSR count). The number of aldehydes is 1. The number of allylic oxidation sites excluding steroid dienone is 6. The van der Waals surface area contributed by atoms with E-state index in [1.54, 1.807) is 45.6 Å². The van der Waals surface area contributed by atoms with Gasteiger partial charge in [0.2, 0.25) is 0 Å². The van der Waals surface area contributed by atoms with Crippen molar-refractivity contribution in [3.05, 3.63) is 47.6 Å². The van der Waals surface area contributed by atoms with Crippen molar-refractivity contribution in [2.75, 3.05) is 62.5 Å². The minimum Gasteiger partial charge on any atom is -0.462 e. The fourth-order valence-electron chi connectivity index (χ4n) is 12.5. The van der Waals surface area contributed by atoms with Gasteiger partial charge in [0, 0.05) is 95.8 Å². The summed E-state index contributed by atoms with van der Waals surface area (Å²) in [6.07, 6.45) is 10.8. The molecule has 0 aromatic heterocycles. The topological polar surface area (TPSA) is 256 Å². The van der Waals surface area contributed by atoms with Gasteiger partial charge >= 0.3 is 11.9 Å². The van der Waals surface area contributed by atoms with Gasteiger partial charge in [0.05, 0.1) is 24.4 Å². The molecule has 8 unspecified atom stereocenters. The fraction of sp³-hybridized carbons (Fsp3) is 0.788. The maximum Gasteiger partial charge on any atom is 0.306 e. The molecule has 0 aliphatic carbocycles. The number of esters is 2. The zero-order chi connectivity index (χ0) is 65.2. The van der Waals surface area contributed by atoms with Gasteiger partial charge in [-0.05, 0) is 155 Å². The van der Waals surface area contributed by atoms with Gasteiger partial charge in [-0.15, -0.1) is 0 Å². The highest BCUT2D eigenvalue weighted by Gasteiger charge is 2.44. The Labute approximate surface area is 526 Å². The van der Waals surface area contributed by atoms with Crippen LogP contribution in [0.15, 0.2) is 47.6 Å². The number of nitrogens with one attached hydrogen (secondary N) is 2. The third-order valence-electron chi connectivity index (χ3n) is 17.8. The van der Waals surface area contributed by atoms with Gasteiger partial charge in [-0.1, -0.05) is 77.0 Å². The van der Waals surface area contributed by atoms with Gasteiger partial charge in [-0.3, -0.25) is 19.2 Å².